The molecule has 0 aromatic heterocycles. The van der Waals surface area contributed by atoms with Gasteiger partial charge in [-0.1, -0.05) is 6.07 Å². The number of aliphatic hydroxyl groups is 1. The SMILES string of the molecule is COc1cccc(OC[C@H](O)CN2C(=O)CNC2=O)c1. The first kappa shape index (κ1) is 14.1. The molecule has 0 saturated carbocycles. The molecule has 1 aliphatic heterocycles. The maximum Gasteiger partial charge on any atom is 0.324 e. The number of rotatable bonds is 6. The first-order valence-electron chi connectivity index (χ1n) is 6.13. The summed E-state index contributed by atoms with van der Waals surface area (Å²) in [7, 11) is 1.55. The van der Waals surface area contributed by atoms with Gasteiger partial charge in [0.1, 0.15) is 24.2 Å². The minimum absolute atomic E-state index is 0.0236. The summed E-state index contributed by atoms with van der Waals surface area (Å²) in [6.45, 7) is -0.138. The minimum Gasteiger partial charge on any atom is -0.497 e. The maximum absolute atomic E-state index is 11.4. The summed E-state index contributed by atoms with van der Waals surface area (Å²) in [5.74, 6) is 0.835. The molecule has 2 N–H and O–H groups in total. The number of nitrogens with zero attached hydrogens (tertiary/aromatic N) is 1. The Kier molecular flexibility index (Phi) is 4.41. The number of hydrogen-bond donors (Lipinski definition) is 2. The molecule has 1 fully saturated rings. The number of β-amino-alcohol motifs (C(OH)–C–C–N with tert-alkyl or cyclic N) is 1. The van der Waals surface area contributed by atoms with Crippen LogP contribution in [0.3, 0.4) is 0 Å². The second-order valence-electron chi connectivity index (χ2n) is 4.31. The van der Waals surface area contributed by atoms with Crippen LogP contribution in [0.15, 0.2) is 24.3 Å². The Labute approximate surface area is 116 Å². The predicted octanol–water partition coefficient (Wildman–Crippen LogP) is -0.0133. The fourth-order valence-electron chi connectivity index (χ4n) is 1.79. The van der Waals surface area contributed by atoms with Crippen LogP contribution in [0.25, 0.3) is 0 Å². The molecule has 0 radical (unpaired) electrons. The third kappa shape index (κ3) is 3.39. The molecular weight excluding hydrogens is 264 g/mol. The van der Waals surface area contributed by atoms with E-state index in [1.54, 1.807) is 31.4 Å². The van der Waals surface area contributed by atoms with Gasteiger partial charge in [-0.05, 0) is 12.1 Å². The van der Waals surface area contributed by atoms with Gasteiger partial charge < -0.3 is 19.9 Å². The van der Waals surface area contributed by atoms with E-state index in [1.807, 2.05) is 0 Å². The van der Waals surface area contributed by atoms with Crippen molar-refractivity contribution >= 4 is 11.9 Å². The topological polar surface area (TPSA) is 88.1 Å². The normalized spacial score (nSPS) is 16.0. The van der Waals surface area contributed by atoms with Gasteiger partial charge in [0.25, 0.3) is 0 Å². The van der Waals surface area contributed by atoms with Crippen molar-refractivity contribution in [2.24, 2.45) is 0 Å². The monoisotopic (exact) mass is 280 g/mol. The quantitative estimate of drug-likeness (QED) is 0.715. The van der Waals surface area contributed by atoms with E-state index in [-0.39, 0.29) is 25.6 Å². The average molecular weight is 280 g/mol. The largest absolute Gasteiger partial charge is 0.497 e. The second kappa shape index (κ2) is 6.25. The number of methoxy groups -OCH3 is 1. The zero-order valence-electron chi connectivity index (χ0n) is 11.0. The molecule has 1 aliphatic rings. The van der Waals surface area contributed by atoms with Crippen LogP contribution < -0.4 is 14.8 Å². The Hall–Kier alpha value is -2.28. The molecule has 3 amide bonds. The number of imide groups is 1. The van der Waals surface area contributed by atoms with Crippen LogP contribution >= 0.6 is 0 Å². The van der Waals surface area contributed by atoms with Gasteiger partial charge in [-0.25, -0.2) is 4.79 Å². The van der Waals surface area contributed by atoms with Crippen LogP contribution in [-0.4, -0.2) is 54.9 Å². The number of benzene rings is 1. The van der Waals surface area contributed by atoms with Crippen LogP contribution in [0, 0.1) is 0 Å². The number of hydrogen-bond acceptors (Lipinski definition) is 5. The van der Waals surface area contributed by atoms with Gasteiger partial charge in [0.2, 0.25) is 5.91 Å². The Bertz CT molecular complexity index is 489. The van der Waals surface area contributed by atoms with Gasteiger partial charge >= 0.3 is 6.03 Å². The molecule has 1 aromatic carbocycles. The first-order valence-corrected chi connectivity index (χ1v) is 6.13. The van der Waals surface area contributed by atoms with Gasteiger partial charge in [0, 0.05) is 6.07 Å². The Balaban J connectivity index is 1.84. The number of carbonyl (C=O) groups excluding carboxylic acids is 2. The van der Waals surface area contributed by atoms with E-state index in [2.05, 4.69) is 5.32 Å². The summed E-state index contributed by atoms with van der Waals surface area (Å²) in [4.78, 5) is 23.6. The number of aliphatic hydroxyl groups excluding tert-OH is 1. The summed E-state index contributed by atoms with van der Waals surface area (Å²) in [5.41, 5.74) is 0. The second-order valence-corrected chi connectivity index (χ2v) is 4.31. The van der Waals surface area contributed by atoms with Crippen LogP contribution in [0.4, 0.5) is 4.79 Å². The molecule has 0 aliphatic carbocycles. The van der Waals surface area contributed by atoms with E-state index in [1.165, 1.54) is 0 Å². The fraction of sp³-hybridized carbons (Fsp3) is 0.385. The molecular formula is C13H16N2O5. The van der Waals surface area contributed by atoms with Crippen LogP contribution in [0.2, 0.25) is 0 Å². The van der Waals surface area contributed by atoms with Crippen molar-refractivity contribution < 1.29 is 24.2 Å². The Morgan fingerprint density at radius 3 is 2.80 bits per heavy atom. The van der Waals surface area contributed by atoms with Crippen molar-refractivity contribution in [2.75, 3.05) is 26.8 Å². The van der Waals surface area contributed by atoms with E-state index >= 15 is 0 Å². The third-order valence-electron chi connectivity index (χ3n) is 2.81. The highest BCUT2D eigenvalue weighted by atomic mass is 16.5. The summed E-state index contributed by atoms with van der Waals surface area (Å²) in [6.07, 6.45) is -0.950. The lowest BCUT2D eigenvalue weighted by Crippen LogP contribution is -2.39. The summed E-state index contributed by atoms with van der Waals surface area (Å²) < 4.78 is 10.4. The number of ether oxygens (including phenoxy) is 2. The number of urea groups is 1. The van der Waals surface area contributed by atoms with E-state index in [9.17, 15) is 14.7 Å². The fourth-order valence-corrected chi connectivity index (χ4v) is 1.79. The molecule has 7 nitrogen and oxygen atoms in total. The minimum atomic E-state index is -0.950. The number of nitrogens with one attached hydrogen (secondary N) is 1. The first-order chi connectivity index (χ1) is 9.60. The van der Waals surface area contributed by atoms with Crippen molar-refractivity contribution in [3.05, 3.63) is 24.3 Å². The average Bonchev–Trinajstić information content (AvgIpc) is 2.77. The van der Waals surface area contributed by atoms with Crippen LogP contribution in [0.5, 0.6) is 11.5 Å². The third-order valence-corrected chi connectivity index (χ3v) is 2.81. The molecule has 0 spiro atoms. The van der Waals surface area contributed by atoms with Gasteiger partial charge in [-0.15, -0.1) is 0 Å². The molecule has 1 atom stereocenters. The lowest BCUT2D eigenvalue weighted by Gasteiger charge is -2.17. The highest BCUT2D eigenvalue weighted by molar-refractivity contribution is 6.01. The van der Waals surface area contributed by atoms with Gasteiger partial charge in [0.15, 0.2) is 0 Å². The van der Waals surface area contributed by atoms with Crippen LogP contribution in [0.1, 0.15) is 0 Å². The maximum atomic E-state index is 11.4. The summed E-state index contributed by atoms with van der Waals surface area (Å²) in [6, 6.07) is 6.45. The molecule has 0 bridgehead atoms. The van der Waals surface area contributed by atoms with Gasteiger partial charge in [-0.3, -0.25) is 9.69 Å². The van der Waals surface area contributed by atoms with Gasteiger partial charge in [-0.2, -0.15) is 0 Å². The van der Waals surface area contributed by atoms with E-state index in [0.29, 0.717) is 11.5 Å². The molecule has 1 aromatic rings. The summed E-state index contributed by atoms with van der Waals surface area (Å²) in [5, 5.41) is 12.2. The van der Waals surface area contributed by atoms with Gasteiger partial charge in [0.05, 0.1) is 20.2 Å². The van der Waals surface area contributed by atoms with Crippen LogP contribution in [-0.2, 0) is 4.79 Å². The molecule has 0 unspecified atom stereocenters. The highest BCUT2D eigenvalue weighted by Gasteiger charge is 2.30. The molecule has 1 saturated heterocycles. The molecule has 2 rings (SSSR count). The number of amides is 3. The van der Waals surface area contributed by atoms with E-state index in [0.717, 1.165) is 4.90 Å². The van der Waals surface area contributed by atoms with Crippen molar-refractivity contribution in [2.45, 2.75) is 6.10 Å². The van der Waals surface area contributed by atoms with E-state index in [4.69, 9.17) is 9.47 Å². The molecule has 7 heteroatoms. The van der Waals surface area contributed by atoms with Crippen molar-refractivity contribution in [1.29, 1.82) is 0 Å². The lowest BCUT2D eigenvalue weighted by molar-refractivity contribution is -0.126. The van der Waals surface area contributed by atoms with E-state index < -0.39 is 12.1 Å². The lowest BCUT2D eigenvalue weighted by atomic mass is 10.3. The zero-order chi connectivity index (χ0) is 14.5. The van der Waals surface area contributed by atoms with Crippen molar-refractivity contribution in [3.63, 3.8) is 0 Å². The van der Waals surface area contributed by atoms with Crippen molar-refractivity contribution in [1.82, 2.24) is 10.2 Å². The summed E-state index contributed by atoms with van der Waals surface area (Å²) >= 11 is 0. The predicted molar refractivity (Wildman–Crippen MR) is 69.6 cm³/mol. The Morgan fingerprint density at radius 2 is 2.15 bits per heavy atom. The number of carbonyl (C=O) groups is 2. The van der Waals surface area contributed by atoms with Crippen molar-refractivity contribution in [3.8, 4) is 11.5 Å². The molecule has 108 valence electrons. The Morgan fingerprint density at radius 1 is 1.40 bits per heavy atom. The standard InChI is InChI=1S/C13H16N2O5/c1-19-10-3-2-4-11(5-10)20-8-9(16)7-15-12(17)6-14-13(15)18/h2-5,9,16H,6-8H2,1H3,(H,14,18)/t9-/m1/s1. The highest BCUT2D eigenvalue weighted by Crippen LogP contribution is 2.19. The zero-order valence-corrected chi connectivity index (χ0v) is 11.0. The smallest absolute Gasteiger partial charge is 0.324 e. The molecule has 1 heterocycles. The molecule has 20 heavy (non-hydrogen) atoms.